The van der Waals surface area contributed by atoms with Gasteiger partial charge in [0, 0.05) is 16.5 Å². The van der Waals surface area contributed by atoms with Crippen molar-refractivity contribution in [3.05, 3.63) is 56.9 Å². The van der Waals surface area contributed by atoms with Gasteiger partial charge >= 0.3 is 11.9 Å². The molecule has 9 nitrogen and oxygen atoms in total. The molecule has 35 heavy (non-hydrogen) atoms. The molecule has 3 aromatic rings. The van der Waals surface area contributed by atoms with Gasteiger partial charge in [-0.3, -0.25) is 14.4 Å². The summed E-state index contributed by atoms with van der Waals surface area (Å²) < 4.78 is 17.3. The molecule has 180 valence electrons. The first-order valence-corrected chi connectivity index (χ1v) is 11.3. The zero-order chi connectivity index (χ0) is 25.1. The fraction of sp³-hybridized carbons (Fsp3) is 0.346. The number of nitrogens with zero attached hydrogens (tertiary/aromatic N) is 2. The van der Waals surface area contributed by atoms with Crippen molar-refractivity contribution in [3.63, 3.8) is 0 Å². The maximum Gasteiger partial charge on any atom is 0.352 e. The summed E-state index contributed by atoms with van der Waals surface area (Å²) in [5, 5.41) is 0.840. The summed E-state index contributed by atoms with van der Waals surface area (Å²) in [6.45, 7) is 7.56. The van der Waals surface area contributed by atoms with E-state index in [4.69, 9.17) is 19.2 Å². The average molecular weight is 476 g/mol. The molecule has 0 bridgehead atoms. The van der Waals surface area contributed by atoms with E-state index in [2.05, 4.69) is 0 Å². The largest absolute Gasteiger partial charge is 0.458 e. The molecule has 0 N–H and O–H groups in total. The van der Waals surface area contributed by atoms with Gasteiger partial charge in [0.1, 0.15) is 12.4 Å². The molecule has 0 fully saturated rings. The number of benzene rings is 1. The molecule has 0 saturated heterocycles. The van der Waals surface area contributed by atoms with Gasteiger partial charge in [0.2, 0.25) is 6.10 Å². The number of pyridine rings is 2. The summed E-state index contributed by atoms with van der Waals surface area (Å²) in [5.41, 5.74) is 3.24. The van der Waals surface area contributed by atoms with Crippen molar-refractivity contribution < 1.29 is 28.6 Å². The Hall–Kier alpha value is -4.01. The number of fused-ring (bicyclic) bond motifs is 5. The summed E-state index contributed by atoms with van der Waals surface area (Å²) in [7, 11) is 0. The standard InChI is InChI=1S/C26H24N2O7/c1-5-14-15-8-13(34-12-29)6-7-19(15)27-21-17(14)10-28-20(21)9-16-18(23(28)30)11-33-24(31)22(16)35-25(32)26(2,3)4/h6-9,12,22H,5,10-11H2,1-4H3. The lowest BCUT2D eigenvalue weighted by Gasteiger charge is -2.27. The summed E-state index contributed by atoms with van der Waals surface area (Å²) in [6, 6.07) is 6.90. The summed E-state index contributed by atoms with van der Waals surface area (Å²) in [6.07, 6.45) is -0.649. The smallest absolute Gasteiger partial charge is 0.352 e. The van der Waals surface area contributed by atoms with Crippen LogP contribution in [0.5, 0.6) is 5.75 Å². The molecule has 5 rings (SSSR count). The van der Waals surface area contributed by atoms with E-state index in [1.165, 1.54) is 0 Å². The molecule has 0 radical (unpaired) electrons. The van der Waals surface area contributed by atoms with Gasteiger partial charge in [-0.15, -0.1) is 0 Å². The number of hydrogen-bond acceptors (Lipinski definition) is 8. The van der Waals surface area contributed by atoms with Crippen molar-refractivity contribution in [1.29, 1.82) is 0 Å². The first kappa shape index (κ1) is 22.8. The van der Waals surface area contributed by atoms with Crippen LogP contribution in [0.4, 0.5) is 0 Å². The van der Waals surface area contributed by atoms with Gasteiger partial charge in [0.25, 0.3) is 12.0 Å². The van der Waals surface area contributed by atoms with E-state index < -0.39 is 23.5 Å². The van der Waals surface area contributed by atoms with Crippen LogP contribution in [-0.4, -0.2) is 28.0 Å². The van der Waals surface area contributed by atoms with Crippen LogP contribution < -0.4 is 10.3 Å². The monoisotopic (exact) mass is 476 g/mol. The minimum atomic E-state index is -1.32. The highest BCUT2D eigenvalue weighted by Crippen LogP contribution is 2.39. The van der Waals surface area contributed by atoms with E-state index in [0.717, 1.165) is 16.5 Å². The van der Waals surface area contributed by atoms with Gasteiger partial charge in [-0.1, -0.05) is 6.92 Å². The molecule has 2 aliphatic heterocycles. The number of carbonyl (C=O) groups excluding carboxylic acids is 3. The number of carbonyl (C=O) groups is 3. The SMILES string of the molecule is CCc1c2c(nc3ccc(OC=O)cc13)-c1cc3c(c(=O)n1C2)COC(=O)C3OC(=O)C(C)(C)C. The molecule has 2 aromatic heterocycles. The number of ether oxygens (including phenoxy) is 3. The van der Waals surface area contributed by atoms with E-state index in [9.17, 15) is 19.2 Å². The van der Waals surface area contributed by atoms with Crippen molar-refractivity contribution in [3.8, 4) is 17.1 Å². The normalized spacial score (nSPS) is 16.2. The fourth-order valence-electron chi connectivity index (χ4n) is 4.60. The van der Waals surface area contributed by atoms with Crippen molar-refractivity contribution >= 4 is 29.3 Å². The molecule has 0 spiro atoms. The van der Waals surface area contributed by atoms with Crippen molar-refractivity contribution in [2.45, 2.75) is 53.4 Å². The second-order valence-electron chi connectivity index (χ2n) is 9.66. The molecule has 4 heterocycles. The first-order valence-electron chi connectivity index (χ1n) is 11.3. The Balaban J connectivity index is 1.69. The number of hydrogen-bond donors (Lipinski definition) is 0. The highest BCUT2D eigenvalue weighted by molar-refractivity contribution is 5.90. The molecule has 2 aliphatic rings. The second kappa shape index (κ2) is 8.04. The van der Waals surface area contributed by atoms with Crippen LogP contribution in [0.3, 0.4) is 0 Å². The third-order valence-corrected chi connectivity index (χ3v) is 6.40. The molecular formula is C26H24N2O7. The van der Waals surface area contributed by atoms with Gasteiger partial charge in [0.15, 0.2) is 0 Å². The Kier molecular flexibility index (Phi) is 5.23. The number of cyclic esters (lactones) is 1. The number of rotatable bonds is 4. The molecule has 1 aromatic carbocycles. The lowest BCUT2D eigenvalue weighted by Crippen LogP contribution is -2.36. The minimum Gasteiger partial charge on any atom is -0.458 e. The van der Waals surface area contributed by atoms with Crippen LogP contribution in [0.2, 0.25) is 0 Å². The van der Waals surface area contributed by atoms with Crippen LogP contribution in [0.1, 0.15) is 56.1 Å². The molecule has 0 amide bonds. The van der Waals surface area contributed by atoms with E-state index in [-0.39, 0.29) is 17.7 Å². The predicted molar refractivity (Wildman–Crippen MR) is 125 cm³/mol. The van der Waals surface area contributed by atoms with Gasteiger partial charge < -0.3 is 18.8 Å². The zero-order valence-electron chi connectivity index (χ0n) is 19.8. The topological polar surface area (TPSA) is 114 Å². The Morgan fingerprint density at radius 2 is 2.00 bits per heavy atom. The zero-order valence-corrected chi connectivity index (χ0v) is 19.8. The van der Waals surface area contributed by atoms with Gasteiger partial charge in [-0.2, -0.15) is 0 Å². The maximum absolute atomic E-state index is 13.5. The van der Waals surface area contributed by atoms with Crippen molar-refractivity contribution in [2.24, 2.45) is 5.41 Å². The first-order chi connectivity index (χ1) is 16.6. The molecule has 1 atom stereocenters. The van der Waals surface area contributed by atoms with Crippen LogP contribution in [0, 0.1) is 5.41 Å². The Morgan fingerprint density at radius 1 is 1.23 bits per heavy atom. The highest BCUT2D eigenvalue weighted by Gasteiger charge is 2.39. The van der Waals surface area contributed by atoms with Crippen LogP contribution in [0.25, 0.3) is 22.3 Å². The quantitative estimate of drug-likeness (QED) is 0.326. The summed E-state index contributed by atoms with van der Waals surface area (Å²) in [5.74, 6) is -0.869. The number of aromatic nitrogens is 2. The van der Waals surface area contributed by atoms with Gasteiger partial charge in [-0.05, 0) is 57.0 Å². The van der Waals surface area contributed by atoms with Crippen LogP contribution >= 0.6 is 0 Å². The predicted octanol–water partition coefficient (Wildman–Crippen LogP) is 3.21. The Morgan fingerprint density at radius 3 is 2.69 bits per heavy atom. The minimum absolute atomic E-state index is 0.185. The number of aryl methyl sites for hydroxylation is 1. The lowest BCUT2D eigenvalue weighted by atomic mass is 9.96. The second-order valence-corrected chi connectivity index (χ2v) is 9.66. The molecule has 1 unspecified atom stereocenters. The lowest BCUT2D eigenvalue weighted by molar-refractivity contribution is -0.176. The van der Waals surface area contributed by atoms with E-state index in [0.29, 0.717) is 47.7 Å². The molecular weight excluding hydrogens is 452 g/mol. The summed E-state index contributed by atoms with van der Waals surface area (Å²) >= 11 is 0. The number of esters is 2. The molecule has 9 heteroatoms. The van der Waals surface area contributed by atoms with Gasteiger partial charge in [-0.25, -0.2) is 9.78 Å². The van der Waals surface area contributed by atoms with Crippen molar-refractivity contribution in [2.75, 3.05) is 0 Å². The van der Waals surface area contributed by atoms with Crippen molar-refractivity contribution in [1.82, 2.24) is 9.55 Å². The molecule has 0 saturated carbocycles. The highest BCUT2D eigenvalue weighted by atomic mass is 16.6. The summed E-state index contributed by atoms with van der Waals surface area (Å²) in [4.78, 5) is 54.2. The van der Waals surface area contributed by atoms with E-state index in [1.807, 2.05) is 6.92 Å². The van der Waals surface area contributed by atoms with Crippen LogP contribution in [-0.2, 0) is 43.4 Å². The third-order valence-electron chi connectivity index (χ3n) is 6.40. The Bertz CT molecular complexity index is 1480. The van der Waals surface area contributed by atoms with E-state index >= 15 is 0 Å². The van der Waals surface area contributed by atoms with E-state index in [1.54, 1.807) is 49.6 Å². The average Bonchev–Trinajstić information content (AvgIpc) is 3.17. The third kappa shape index (κ3) is 3.58. The van der Waals surface area contributed by atoms with Crippen LogP contribution in [0.15, 0.2) is 29.1 Å². The molecule has 0 aliphatic carbocycles. The van der Waals surface area contributed by atoms with Gasteiger partial charge in [0.05, 0.1) is 34.4 Å². The maximum atomic E-state index is 13.5. The Labute approximate surface area is 200 Å². The fourth-order valence-corrected chi connectivity index (χ4v) is 4.60.